The van der Waals surface area contributed by atoms with Gasteiger partial charge >= 0.3 is 0 Å². The topological polar surface area (TPSA) is 18.5 Å². The van der Waals surface area contributed by atoms with Crippen molar-refractivity contribution in [2.45, 2.75) is 47.1 Å². The molecule has 14 heavy (non-hydrogen) atoms. The molecule has 0 amide bonds. The summed E-state index contributed by atoms with van der Waals surface area (Å²) >= 11 is 0. The summed E-state index contributed by atoms with van der Waals surface area (Å²) < 4.78 is 11.0. The van der Waals surface area contributed by atoms with Crippen molar-refractivity contribution in [2.24, 2.45) is 11.3 Å². The highest BCUT2D eigenvalue weighted by molar-refractivity contribution is 4.74. The first kappa shape index (κ1) is 13.9. The number of ether oxygens (including phenoxy) is 2. The van der Waals surface area contributed by atoms with Crippen molar-refractivity contribution in [1.29, 1.82) is 0 Å². The highest BCUT2D eigenvalue weighted by Crippen LogP contribution is 2.27. The predicted molar refractivity (Wildman–Crippen MR) is 60.5 cm³/mol. The summed E-state index contributed by atoms with van der Waals surface area (Å²) in [5, 5.41) is 0. The lowest BCUT2D eigenvalue weighted by Crippen LogP contribution is -2.33. The van der Waals surface area contributed by atoms with E-state index in [1.807, 2.05) is 0 Å². The van der Waals surface area contributed by atoms with Crippen LogP contribution in [-0.4, -0.2) is 25.9 Å². The van der Waals surface area contributed by atoms with Crippen molar-refractivity contribution in [2.75, 3.05) is 20.3 Å². The number of hydrogen-bond acceptors (Lipinski definition) is 2. The van der Waals surface area contributed by atoms with E-state index in [9.17, 15) is 0 Å². The van der Waals surface area contributed by atoms with Crippen molar-refractivity contribution < 1.29 is 9.47 Å². The fourth-order valence-electron chi connectivity index (χ4n) is 1.10. The van der Waals surface area contributed by atoms with Crippen molar-refractivity contribution in [3.05, 3.63) is 0 Å². The highest BCUT2D eigenvalue weighted by Gasteiger charge is 2.26. The molecule has 0 aromatic rings. The van der Waals surface area contributed by atoms with Crippen molar-refractivity contribution >= 4 is 0 Å². The molecule has 0 aromatic carbocycles. The first-order chi connectivity index (χ1) is 6.17. The van der Waals surface area contributed by atoms with Gasteiger partial charge < -0.3 is 9.47 Å². The Kier molecular flexibility index (Phi) is 5.10. The van der Waals surface area contributed by atoms with Gasteiger partial charge in [-0.05, 0) is 26.2 Å². The van der Waals surface area contributed by atoms with E-state index in [1.165, 1.54) is 0 Å². The van der Waals surface area contributed by atoms with E-state index < -0.39 is 0 Å². The van der Waals surface area contributed by atoms with Crippen LogP contribution in [0.25, 0.3) is 0 Å². The summed E-state index contributed by atoms with van der Waals surface area (Å²) in [6.07, 6.45) is 0. The van der Waals surface area contributed by atoms with Gasteiger partial charge in [-0.3, -0.25) is 0 Å². The quantitative estimate of drug-likeness (QED) is 0.697. The smallest absolute Gasteiger partial charge is 0.0598 e. The standard InChI is InChI=1S/C12H26O2/c1-11(2,3)10(8-13-7)9-14-12(4,5)6/h10H,8-9H2,1-7H3. The molecule has 0 aromatic heterocycles. The molecule has 0 N–H and O–H groups in total. The molecule has 0 radical (unpaired) electrons. The SMILES string of the molecule is COCC(COC(C)(C)C)C(C)(C)C. The molecule has 0 rings (SSSR count). The van der Waals surface area contributed by atoms with Crippen LogP contribution in [0.15, 0.2) is 0 Å². The number of rotatable bonds is 4. The summed E-state index contributed by atoms with van der Waals surface area (Å²) in [6.45, 7) is 14.5. The highest BCUT2D eigenvalue weighted by atomic mass is 16.5. The zero-order valence-electron chi connectivity index (χ0n) is 10.8. The third-order valence-electron chi connectivity index (χ3n) is 2.31. The van der Waals surface area contributed by atoms with Crippen LogP contribution >= 0.6 is 0 Å². The van der Waals surface area contributed by atoms with E-state index in [0.29, 0.717) is 5.92 Å². The molecule has 2 heteroatoms. The Morgan fingerprint density at radius 3 is 1.71 bits per heavy atom. The van der Waals surface area contributed by atoms with Crippen LogP contribution in [0.1, 0.15) is 41.5 Å². The molecule has 2 nitrogen and oxygen atoms in total. The van der Waals surface area contributed by atoms with Crippen LogP contribution in [0.5, 0.6) is 0 Å². The maximum atomic E-state index is 5.79. The number of methoxy groups -OCH3 is 1. The molecule has 0 aliphatic rings. The van der Waals surface area contributed by atoms with E-state index in [4.69, 9.17) is 9.47 Å². The normalized spacial score (nSPS) is 15.6. The maximum absolute atomic E-state index is 5.79. The molecule has 0 saturated carbocycles. The summed E-state index contributed by atoms with van der Waals surface area (Å²) in [4.78, 5) is 0. The lowest BCUT2D eigenvalue weighted by Gasteiger charge is -2.32. The monoisotopic (exact) mass is 202 g/mol. The van der Waals surface area contributed by atoms with Gasteiger partial charge in [0.1, 0.15) is 0 Å². The minimum atomic E-state index is -0.0583. The second kappa shape index (κ2) is 5.13. The van der Waals surface area contributed by atoms with Crippen LogP contribution in [0, 0.1) is 11.3 Å². The molecule has 0 bridgehead atoms. The summed E-state index contributed by atoms with van der Waals surface area (Å²) in [5.74, 6) is 0.451. The number of hydrogen-bond donors (Lipinski definition) is 0. The minimum absolute atomic E-state index is 0.0583. The van der Waals surface area contributed by atoms with Crippen molar-refractivity contribution in [1.82, 2.24) is 0 Å². The van der Waals surface area contributed by atoms with Gasteiger partial charge in [0, 0.05) is 13.0 Å². The molecule has 86 valence electrons. The van der Waals surface area contributed by atoms with Gasteiger partial charge in [-0.15, -0.1) is 0 Å². The Morgan fingerprint density at radius 2 is 1.43 bits per heavy atom. The molecular weight excluding hydrogens is 176 g/mol. The van der Waals surface area contributed by atoms with E-state index in [0.717, 1.165) is 13.2 Å². The average molecular weight is 202 g/mol. The second-order valence-corrected chi connectivity index (χ2v) is 5.94. The zero-order valence-corrected chi connectivity index (χ0v) is 10.8. The Morgan fingerprint density at radius 1 is 0.929 bits per heavy atom. The first-order valence-electron chi connectivity index (χ1n) is 5.29. The van der Waals surface area contributed by atoms with E-state index >= 15 is 0 Å². The lowest BCUT2D eigenvalue weighted by molar-refractivity contribution is -0.0584. The molecule has 0 aliphatic carbocycles. The van der Waals surface area contributed by atoms with Gasteiger partial charge in [-0.2, -0.15) is 0 Å². The Balaban J connectivity index is 4.12. The molecule has 1 unspecified atom stereocenters. The first-order valence-corrected chi connectivity index (χ1v) is 5.29. The largest absolute Gasteiger partial charge is 0.384 e. The van der Waals surface area contributed by atoms with Crippen LogP contribution in [0.2, 0.25) is 0 Å². The minimum Gasteiger partial charge on any atom is -0.384 e. The fourth-order valence-corrected chi connectivity index (χ4v) is 1.10. The zero-order chi connectivity index (χ0) is 11.4. The molecular formula is C12H26O2. The van der Waals surface area contributed by atoms with Gasteiger partial charge in [0.25, 0.3) is 0 Å². The molecule has 0 aliphatic heterocycles. The molecule has 0 saturated heterocycles. The van der Waals surface area contributed by atoms with Crippen LogP contribution in [-0.2, 0) is 9.47 Å². The van der Waals surface area contributed by atoms with Gasteiger partial charge in [-0.25, -0.2) is 0 Å². The van der Waals surface area contributed by atoms with Gasteiger partial charge in [0.05, 0.1) is 18.8 Å². The van der Waals surface area contributed by atoms with Crippen LogP contribution < -0.4 is 0 Å². The third-order valence-corrected chi connectivity index (χ3v) is 2.31. The molecule has 1 atom stereocenters. The molecule has 0 spiro atoms. The lowest BCUT2D eigenvalue weighted by atomic mass is 9.82. The Labute approximate surface area is 89.0 Å². The fraction of sp³-hybridized carbons (Fsp3) is 1.00. The Hall–Kier alpha value is -0.0800. The third kappa shape index (κ3) is 6.39. The van der Waals surface area contributed by atoms with Gasteiger partial charge in [0.15, 0.2) is 0 Å². The van der Waals surface area contributed by atoms with Gasteiger partial charge in [0.2, 0.25) is 0 Å². The summed E-state index contributed by atoms with van der Waals surface area (Å²) in [6, 6.07) is 0. The molecule has 0 fully saturated rings. The summed E-state index contributed by atoms with van der Waals surface area (Å²) in [5.41, 5.74) is 0.179. The van der Waals surface area contributed by atoms with E-state index in [-0.39, 0.29) is 11.0 Å². The Bertz CT molecular complexity index is 151. The molecule has 0 heterocycles. The second-order valence-electron chi connectivity index (χ2n) is 5.94. The van der Waals surface area contributed by atoms with Crippen LogP contribution in [0.3, 0.4) is 0 Å². The average Bonchev–Trinajstić information content (AvgIpc) is 1.93. The van der Waals surface area contributed by atoms with Crippen molar-refractivity contribution in [3.8, 4) is 0 Å². The van der Waals surface area contributed by atoms with Crippen molar-refractivity contribution in [3.63, 3.8) is 0 Å². The van der Waals surface area contributed by atoms with Gasteiger partial charge in [-0.1, -0.05) is 20.8 Å². The van der Waals surface area contributed by atoms with E-state index in [1.54, 1.807) is 7.11 Å². The predicted octanol–water partition coefficient (Wildman–Crippen LogP) is 3.11. The maximum Gasteiger partial charge on any atom is 0.0598 e. The van der Waals surface area contributed by atoms with E-state index in [2.05, 4.69) is 41.5 Å². The summed E-state index contributed by atoms with van der Waals surface area (Å²) in [7, 11) is 1.75. The van der Waals surface area contributed by atoms with Crippen LogP contribution in [0.4, 0.5) is 0 Å².